The third kappa shape index (κ3) is 1.48. The Kier molecular flexibility index (Phi) is 2.58. The minimum absolute atomic E-state index is 0.228. The molecule has 0 radical (unpaired) electrons. The average molecular weight is 244 g/mol. The summed E-state index contributed by atoms with van der Waals surface area (Å²) in [6.07, 6.45) is 2.76. The van der Waals surface area contributed by atoms with Gasteiger partial charge in [-0.2, -0.15) is 0 Å². The van der Waals surface area contributed by atoms with Gasteiger partial charge in [0.05, 0.1) is 6.54 Å². The maximum Gasteiger partial charge on any atom is 0.259 e. The van der Waals surface area contributed by atoms with Crippen molar-refractivity contribution in [3.8, 4) is 0 Å². The molecule has 2 aliphatic heterocycles. The van der Waals surface area contributed by atoms with Crippen molar-refractivity contribution in [1.29, 1.82) is 0 Å². The lowest BCUT2D eigenvalue weighted by Crippen LogP contribution is -2.67. The number of nitrogens with one attached hydrogen (secondary N) is 1. The summed E-state index contributed by atoms with van der Waals surface area (Å²) in [7, 11) is -3.43. The first kappa shape index (κ1) is 11.6. The van der Waals surface area contributed by atoms with Gasteiger partial charge < -0.3 is 5.32 Å². The summed E-state index contributed by atoms with van der Waals surface area (Å²) in [5.41, 5.74) is 1.02. The highest BCUT2D eigenvalue weighted by molar-refractivity contribution is 7.94. The van der Waals surface area contributed by atoms with Gasteiger partial charge in [0.25, 0.3) is 15.9 Å². The summed E-state index contributed by atoms with van der Waals surface area (Å²) in [6, 6.07) is 0. The molecule has 2 heterocycles. The van der Waals surface area contributed by atoms with Crippen molar-refractivity contribution in [3.05, 3.63) is 11.6 Å². The molecule has 6 heteroatoms. The Morgan fingerprint density at radius 3 is 2.69 bits per heavy atom. The summed E-state index contributed by atoms with van der Waals surface area (Å²) in [5, 5.41) is 3.14. The number of hydrogen-bond acceptors (Lipinski definition) is 4. The molecular formula is C10H16N2O3S. The van der Waals surface area contributed by atoms with Gasteiger partial charge in [0.1, 0.15) is 0 Å². The van der Waals surface area contributed by atoms with Crippen LogP contribution in [0.1, 0.15) is 20.3 Å². The lowest BCUT2D eigenvalue weighted by molar-refractivity contribution is -0.131. The lowest BCUT2D eigenvalue weighted by atomic mass is 10.1. The van der Waals surface area contributed by atoms with Crippen molar-refractivity contribution in [2.24, 2.45) is 0 Å². The third-order valence-electron chi connectivity index (χ3n) is 3.18. The highest BCUT2D eigenvalue weighted by Gasteiger charge is 2.59. The van der Waals surface area contributed by atoms with E-state index in [-0.39, 0.29) is 12.5 Å². The van der Waals surface area contributed by atoms with E-state index < -0.39 is 14.8 Å². The van der Waals surface area contributed by atoms with E-state index in [4.69, 9.17) is 0 Å². The van der Waals surface area contributed by atoms with Crippen molar-refractivity contribution in [1.82, 2.24) is 9.62 Å². The Balaban J connectivity index is 2.13. The van der Waals surface area contributed by atoms with E-state index in [1.807, 2.05) is 6.08 Å². The van der Waals surface area contributed by atoms with E-state index in [2.05, 4.69) is 5.32 Å². The molecule has 0 aromatic heterocycles. The first-order chi connectivity index (χ1) is 7.37. The number of amides is 1. The molecule has 1 saturated heterocycles. The van der Waals surface area contributed by atoms with Crippen LogP contribution >= 0.6 is 0 Å². The lowest BCUT2D eigenvalue weighted by Gasteiger charge is -2.43. The van der Waals surface area contributed by atoms with Gasteiger partial charge in [0.15, 0.2) is 4.75 Å². The number of sulfonamides is 1. The zero-order valence-corrected chi connectivity index (χ0v) is 10.3. The standard InChI is InChI=1S/C10H16N2O3S/c1-10(2)9(13)12(16(10,14)15)7-8-3-5-11-6-4-8/h3,11H,4-7H2,1-2H3. The van der Waals surface area contributed by atoms with Crippen LogP contribution in [-0.4, -0.2) is 43.0 Å². The number of rotatable bonds is 2. The first-order valence-electron chi connectivity index (χ1n) is 5.33. The Morgan fingerprint density at radius 2 is 2.19 bits per heavy atom. The molecule has 1 fully saturated rings. The highest BCUT2D eigenvalue weighted by Crippen LogP contribution is 2.35. The largest absolute Gasteiger partial charge is 0.313 e. The van der Waals surface area contributed by atoms with E-state index >= 15 is 0 Å². The van der Waals surface area contributed by atoms with Crippen molar-refractivity contribution in [3.63, 3.8) is 0 Å². The van der Waals surface area contributed by atoms with Gasteiger partial charge >= 0.3 is 0 Å². The summed E-state index contributed by atoms with van der Waals surface area (Å²) < 4.78 is 23.4. The second kappa shape index (κ2) is 3.56. The Bertz CT molecular complexity index is 451. The van der Waals surface area contributed by atoms with Gasteiger partial charge in [-0.25, -0.2) is 12.7 Å². The predicted molar refractivity (Wildman–Crippen MR) is 60.3 cm³/mol. The zero-order valence-electron chi connectivity index (χ0n) is 9.49. The molecular weight excluding hydrogens is 228 g/mol. The quantitative estimate of drug-likeness (QED) is 0.686. The molecule has 16 heavy (non-hydrogen) atoms. The second-order valence-electron chi connectivity index (χ2n) is 4.64. The van der Waals surface area contributed by atoms with Crippen LogP contribution in [0.4, 0.5) is 0 Å². The molecule has 0 aromatic carbocycles. The van der Waals surface area contributed by atoms with Crippen LogP contribution in [0.3, 0.4) is 0 Å². The van der Waals surface area contributed by atoms with Crippen LogP contribution in [0.15, 0.2) is 11.6 Å². The molecule has 90 valence electrons. The minimum atomic E-state index is -3.43. The first-order valence-corrected chi connectivity index (χ1v) is 6.77. The van der Waals surface area contributed by atoms with Gasteiger partial charge in [-0.3, -0.25) is 4.79 Å². The van der Waals surface area contributed by atoms with Gasteiger partial charge in [0.2, 0.25) is 0 Å². The molecule has 1 N–H and O–H groups in total. The van der Waals surface area contributed by atoms with Crippen LogP contribution in [0.25, 0.3) is 0 Å². The van der Waals surface area contributed by atoms with E-state index in [9.17, 15) is 13.2 Å². The van der Waals surface area contributed by atoms with Crippen LogP contribution < -0.4 is 5.32 Å². The Hall–Kier alpha value is -0.880. The average Bonchev–Trinajstić information content (AvgIpc) is 2.26. The molecule has 0 unspecified atom stereocenters. The van der Waals surface area contributed by atoms with E-state index in [0.29, 0.717) is 0 Å². The van der Waals surface area contributed by atoms with E-state index in [1.165, 1.54) is 13.8 Å². The number of nitrogens with zero attached hydrogens (tertiary/aromatic N) is 1. The monoisotopic (exact) mass is 244 g/mol. The fourth-order valence-electron chi connectivity index (χ4n) is 1.91. The van der Waals surface area contributed by atoms with Crippen molar-refractivity contribution < 1.29 is 13.2 Å². The number of carbonyl (C=O) groups excluding carboxylic acids is 1. The third-order valence-corrected chi connectivity index (χ3v) is 5.52. The van der Waals surface area contributed by atoms with Crippen LogP contribution in [0.2, 0.25) is 0 Å². The Labute approximate surface area is 95.6 Å². The number of hydrogen-bond donors (Lipinski definition) is 1. The van der Waals surface area contributed by atoms with Crippen molar-refractivity contribution in [2.45, 2.75) is 25.0 Å². The molecule has 2 aliphatic rings. The molecule has 0 atom stereocenters. The van der Waals surface area contributed by atoms with Gasteiger partial charge in [-0.05, 0) is 26.8 Å². The van der Waals surface area contributed by atoms with Crippen molar-refractivity contribution >= 4 is 15.9 Å². The van der Waals surface area contributed by atoms with Gasteiger partial charge in [0, 0.05) is 6.54 Å². The van der Waals surface area contributed by atoms with Gasteiger partial charge in [-0.1, -0.05) is 11.6 Å². The maximum absolute atomic E-state index is 11.8. The molecule has 0 saturated carbocycles. The summed E-state index contributed by atoms with van der Waals surface area (Å²) in [4.78, 5) is 11.7. The molecule has 0 aliphatic carbocycles. The Morgan fingerprint density at radius 1 is 1.50 bits per heavy atom. The fraction of sp³-hybridized carbons (Fsp3) is 0.700. The van der Waals surface area contributed by atoms with E-state index in [1.54, 1.807) is 0 Å². The zero-order chi connectivity index (χ0) is 12.0. The summed E-state index contributed by atoms with van der Waals surface area (Å²) in [6.45, 7) is 4.74. The fourth-order valence-corrected chi connectivity index (χ4v) is 3.44. The second-order valence-corrected chi connectivity index (χ2v) is 7.06. The minimum Gasteiger partial charge on any atom is -0.313 e. The van der Waals surface area contributed by atoms with Crippen LogP contribution in [-0.2, 0) is 14.8 Å². The SMILES string of the molecule is CC1(C)C(=O)N(CC2=CCNCC2)S1(=O)=O. The molecule has 1 amide bonds. The molecule has 5 nitrogen and oxygen atoms in total. The molecule has 2 rings (SSSR count). The molecule has 0 aromatic rings. The molecule has 0 spiro atoms. The smallest absolute Gasteiger partial charge is 0.259 e. The number of carbonyl (C=O) groups is 1. The highest BCUT2D eigenvalue weighted by atomic mass is 32.2. The maximum atomic E-state index is 11.8. The predicted octanol–water partition coefficient (Wildman–Crippen LogP) is -0.143. The topological polar surface area (TPSA) is 66.5 Å². The van der Waals surface area contributed by atoms with Gasteiger partial charge in [-0.15, -0.1) is 0 Å². The normalized spacial score (nSPS) is 27.2. The van der Waals surface area contributed by atoms with E-state index in [0.717, 1.165) is 29.4 Å². The molecule has 0 bridgehead atoms. The summed E-state index contributed by atoms with van der Waals surface area (Å²) >= 11 is 0. The van der Waals surface area contributed by atoms with Crippen molar-refractivity contribution in [2.75, 3.05) is 19.6 Å². The van der Waals surface area contributed by atoms with Crippen LogP contribution in [0, 0.1) is 0 Å². The van der Waals surface area contributed by atoms with Crippen LogP contribution in [0.5, 0.6) is 0 Å². The summed E-state index contributed by atoms with van der Waals surface area (Å²) in [5.74, 6) is -0.299.